The predicted molar refractivity (Wildman–Crippen MR) is 133 cm³/mol. The average molecular weight is 461 g/mol. The minimum Gasteiger partial charge on any atom is -0.366 e. The van der Waals surface area contributed by atoms with Crippen LogP contribution in [0.15, 0.2) is 42.7 Å². The molecule has 8 nitrogen and oxygen atoms in total. The Hall–Kier alpha value is -3.59. The van der Waals surface area contributed by atoms with E-state index in [1.807, 2.05) is 42.1 Å². The van der Waals surface area contributed by atoms with Gasteiger partial charge in [0, 0.05) is 56.1 Å². The molecule has 1 N–H and O–H groups in total. The maximum Gasteiger partial charge on any atom is 0.229 e. The molecule has 0 spiro atoms. The van der Waals surface area contributed by atoms with Gasteiger partial charge in [-0.3, -0.25) is 4.68 Å². The Bertz CT molecular complexity index is 1320. The molecule has 0 radical (unpaired) electrons. The van der Waals surface area contributed by atoms with Crippen LogP contribution in [-0.2, 0) is 7.05 Å². The molecule has 1 saturated heterocycles. The molecule has 0 aliphatic carbocycles. The number of halogens is 1. The number of hydrogen-bond donors (Lipinski definition) is 1. The maximum absolute atomic E-state index is 14.9. The largest absolute Gasteiger partial charge is 0.366 e. The molecule has 34 heavy (non-hydrogen) atoms. The van der Waals surface area contributed by atoms with Crippen LogP contribution in [0, 0.1) is 5.82 Å². The van der Waals surface area contributed by atoms with Crippen LogP contribution in [-0.4, -0.2) is 62.9 Å². The van der Waals surface area contributed by atoms with Crippen molar-refractivity contribution in [1.82, 2.24) is 29.6 Å². The fourth-order valence-corrected chi connectivity index (χ4v) is 4.58. The number of nitrogens with zero attached hydrogens (tertiary/aromatic N) is 7. The van der Waals surface area contributed by atoms with Gasteiger partial charge in [-0.05, 0) is 37.2 Å². The van der Waals surface area contributed by atoms with Crippen LogP contribution in [0.4, 0.5) is 21.8 Å². The number of likely N-dealkylation sites (N-methyl/N-ethyl adjacent to an activating group) is 1. The van der Waals surface area contributed by atoms with E-state index in [1.165, 1.54) is 6.20 Å². The van der Waals surface area contributed by atoms with Gasteiger partial charge in [-0.25, -0.2) is 19.3 Å². The molecule has 0 amide bonds. The molecule has 0 bridgehead atoms. The topological polar surface area (TPSA) is 75.0 Å². The standard InChI is InChI=1S/C25H29FN8/c1-16(2)23-18-14-17(7-8-20(18)31-33(23)4)22-19(26)15-28-25(29-22)30-24-21(6-5-9-27-24)34-12-10-32(3)11-13-34/h5-9,14-16H,10-13H2,1-4H3,(H,27,28,29,30). The lowest BCUT2D eigenvalue weighted by Gasteiger charge is -2.34. The van der Waals surface area contributed by atoms with Gasteiger partial charge in [0.1, 0.15) is 5.69 Å². The fraction of sp³-hybridized carbons (Fsp3) is 0.360. The molecule has 1 aliphatic heterocycles. The lowest BCUT2D eigenvalue weighted by Crippen LogP contribution is -2.44. The van der Waals surface area contributed by atoms with Crippen molar-refractivity contribution in [3.8, 4) is 11.3 Å². The van der Waals surface area contributed by atoms with Crippen molar-refractivity contribution in [3.63, 3.8) is 0 Å². The summed E-state index contributed by atoms with van der Waals surface area (Å²) in [6.45, 7) is 8.05. The summed E-state index contributed by atoms with van der Waals surface area (Å²) in [6.07, 6.45) is 2.94. The maximum atomic E-state index is 14.9. The van der Waals surface area contributed by atoms with Crippen molar-refractivity contribution in [2.75, 3.05) is 43.4 Å². The minimum atomic E-state index is -0.472. The molecule has 9 heteroatoms. The van der Waals surface area contributed by atoms with Gasteiger partial charge >= 0.3 is 0 Å². The van der Waals surface area contributed by atoms with E-state index in [1.54, 1.807) is 6.20 Å². The first kappa shape index (κ1) is 22.2. The SMILES string of the molecule is CC(C)c1c2cc(-c3nc(Nc4ncccc4N4CCN(C)CC4)ncc3F)ccc2nn1C. The Kier molecular flexibility index (Phi) is 5.87. The Morgan fingerprint density at radius 1 is 1.03 bits per heavy atom. The van der Waals surface area contributed by atoms with Gasteiger partial charge in [0.25, 0.3) is 0 Å². The number of anilines is 3. The molecular formula is C25H29FN8. The number of aromatic nitrogens is 5. The summed E-state index contributed by atoms with van der Waals surface area (Å²) < 4.78 is 16.8. The van der Waals surface area contributed by atoms with Crippen molar-refractivity contribution in [2.45, 2.75) is 19.8 Å². The number of nitrogens with one attached hydrogen (secondary N) is 1. The molecule has 3 aromatic heterocycles. The van der Waals surface area contributed by atoms with Gasteiger partial charge < -0.3 is 15.1 Å². The zero-order valence-corrected chi connectivity index (χ0v) is 20.0. The number of pyridine rings is 1. The predicted octanol–water partition coefficient (Wildman–Crippen LogP) is 4.18. The Labute approximate surface area is 198 Å². The number of aryl methyl sites for hydroxylation is 1. The monoisotopic (exact) mass is 460 g/mol. The quantitative estimate of drug-likeness (QED) is 0.479. The van der Waals surface area contributed by atoms with E-state index in [-0.39, 0.29) is 11.6 Å². The second kappa shape index (κ2) is 8.98. The van der Waals surface area contributed by atoms with E-state index >= 15 is 0 Å². The van der Waals surface area contributed by atoms with Gasteiger partial charge in [0.05, 0.1) is 17.4 Å². The van der Waals surface area contributed by atoms with E-state index < -0.39 is 5.82 Å². The molecule has 0 saturated carbocycles. The molecule has 176 valence electrons. The third-order valence-corrected chi connectivity index (χ3v) is 6.30. The summed E-state index contributed by atoms with van der Waals surface area (Å²) in [6, 6.07) is 9.68. The van der Waals surface area contributed by atoms with Gasteiger partial charge in [0.2, 0.25) is 5.95 Å². The van der Waals surface area contributed by atoms with E-state index in [0.717, 1.165) is 48.5 Å². The third-order valence-electron chi connectivity index (χ3n) is 6.30. The molecule has 1 aromatic carbocycles. The van der Waals surface area contributed by atoms with Crippen molar-refractivity contribution >= 4 is 28.4 Å². The summed E-state index contributed by atoms with van der Waals surface area (Å²) in [7, 11) is 4.06. The lowest BCUT2D eigenvalue weighted by atomic mass is 10.0. The summed E-state index contributed by atoms with van der Waals surface area (Å²) >= 11 is 0. The minimum absolute atomic E-state index is 0.245. The second-order valence-electron chi connectivity index (χ2n) is 9.07. The highest BCUT2D eigenvalue weighted by Gasteiger charge is 2.19. The van der Waals surface area contributed by atoms with E-state index in [0.29, 0.717) is 17.3 Å². The number of benzene rings is 1. The third kappa shape index (κ3) is 4.19. The molecule has 0 atom stereocenters. The summed E-state index contributed by atoms with van der Waals surface area (Å²) in [5, 5.41) is 8.81. The van der Waals surface area contributed by atoms with Gasteiger partial charge in [-0.15, -0.1) is 0 Å². The molecule has 4 aromatic rings. The Morgan fingerprint density at radius 3 is 2.59 bits per heavy atom. The van der Waals surface area contributed by atoms with Gasteiger partial charge in [0.15, 0.2) is 11.6 Å². The molecule has 5 rings (SSSR count). The van der Waals surface area contributed by atoms with Crippen LogP contribution < -0.4 is 10.2 Å². The van der Waals surface area contributed by atoms with Gasteiger partial charge in [-0.2, -0.15) is 5.10 Å². The molecule has 1 aliphatic rings. The first-order valence-electron chi connectivity index (χ1n) is 11.6. The summed E-state index contributed by atoms with van der Waals surface area (Å²) in [5.74, 6) is 0.783. The lowest BCUT2D eigenvalue weighted by molar-refractivity contribution is 0.313. The van der Waals surface area contributed by atoms with E-state index in [4.69, 9.17) is 0 Å². The highest BCUT2D eigenvalue weighted by molar-refractivity contribution is 5.87. The molecule has 1 fully saturated rings. The molecular weight excluding hydrogens is 431 g/mol. The first-order valence-corrected chi connectivity index (χ1v) is 11.6. The Morgan fingerprint density at radius 2 is 1.82 bits per heavy atom. The van der Waals surface area contributed by atoms with E-state index in [2.05, 4.69) is 56.1 Å². The van der Waals surface area contributed by atoms with Crippen molar-refractivity contribution in [1.29, 1.82) is 0 Å². The van der Waals surface area contributed by atoms with Crippen LogP contribution in [0.1, 0.15) is 25.5 Å². The highest BCUT2D eigenvalue weighted by Crippen LogP contribution is 2.31. The number of fused-ring (bicyclic) bond motifs is 1. The van der Waals surface area contributed by atoms with Crippen LogP contribution in [0.3, 0.4) is 0 Å². The number of rotatable bonds is 5. The van der Waals surface area contributed by atoms with Crippen LogP contribution >= 0.6 is 0 Å². The smallest absolute Gasteiger partial charge is 0.229 e. The van der Waals surface area contributed by atoms with Crippen molar-refractivity contribution in [2.24, 2.45) is 7.05 Å². The normalized spacial score (nSPS) is 14.8. The van der Waals surface area contributed by atoms with Crippen molar-refractivity contribution < 1.29 is 4.39 Å². The summed E-state index contributed by atoms with van der Waals surface area (Å²) in [5.41, 5.74) is 3.91. The summed E-state index contributed by atoms with van der Waals surface area (Å²) in [4.78, 5) is 17.8. The average Bonchev–Trinajstić information content (AvgIpc) is 3.16. The van der Waals surface area contributed by atoms with Crippen LogP contribution in [0.2, 0.25) is 0 Å². The van der Waals surface area contributed by atoms with Crippen LogP contribution in [0.5, 0.6) is 0 Å². The van der Waals surface area contributed by atoms with Crippen molar-refractivity contribution in [3.05, 3.63) is 54.2 Å². The number of hydrogen-bond acceptors (Lipinski definition) is 7. The molecule has 4 heterocycles. The van der Waals surface area contributed by atoms with Gasteiger partial charge in [-0.1, -0.05) is 19.9 Å². The van der Waals surface area contributed by atoms with E-state index in [9.17, 15) is 4.39 Å². The number of piperazine rings is 1. The fourth-order valence-electron chi connectivity index (χ4n) is 4.58. The Balaban J connectivity index is 1.49. The highest BCUT2D eigenvalue weighted by atomic mass is 19.1. The van der Waals surface area contributed by atoms with Crippen LogP contribution in [0.25, 0.3) is 22.2 Å². The molecule has 0 unspecified atom stereocenters. The second-order valence-corrected chi connectivity index (χ2v) is 9.07. The first-order chi connectivity index (χ1) is 16.4. The zero-order chi connectivity index (χ0) is 23.8. The zero-order valence-electron chi connectivity index (χ0n) is 20.0.